The van der Waals surface area contributed by atoms with E-state index in [1.165, 1.54) is 0 Å². The van der Waals surface area contributed by atoms with Crippen LogP contribution in [-0.4, -0.2) is 11.2 Å². The molecule has 1 aromatic carbocycles. The summed E-state index contributed by atoms with van der Waals surface area (Å²) < 4.78 is 5.52. The molecule has 0 saturated heterocycles. The Balaban J connectivity index is 3.00. The summed E-state index contributed by atoms with van der Waals surface area (Å²) in [6, 6.07) is 3.43. The second-order valence-corrected chi connectivity index (χ2v) is 5.10. The van der Waals surface area contributed by atoms with Gasteiger partial charge in [0, 0.05) is 0 Å². The Bertz CT molecular complexity index is 355. The van der Waals surface area contributed by atoms with Crippen LogP contribution in [0.2, 0.25) is 10.0 Å². The predicted molar refractivity (Wildman–Crippen MR) is 72.1 cm³/mol. The Morgan fingerprint density at radius 3 is 2.18 bits per heavy atom. The molecule has 0 aromatic heterocycles. The molecule has 0 amide bonds. The number of benzene rings is 1. The van der Waals surface area contributed by atoms with Crippen LogP contribution < -0.4 is 4.74 Å². The van der Waals surface area contributed by atoms with Crippen LogP contribution in [0.4, 0.5) is 0 Å². The molecule has 4 heteroatoms. The summed E-state index contributed by atoms with van der Waals surface area (Å²) in [7, 11) is 0. The summed E-state index contributed by atoms with van der Waals surface area (Å²) in [4.78, 5) is 0. The lowest BCUT2D eigenvalue weighted by atomic mass is 10.1. The summed E-state index contributed by atoms with van der Waals surface area (Å²) in [6.45, 7) is 5.83. The van der Waals surface area contributed by atoms with Gasteiger partial charge in [-0.3, -0.25) is 0 Å². The van der Waals surface area contributed by atoms with E-state index in [1.54, 1.807) is 12.1 Å². The second-order valence-electron chi connectivity index (χ2n) is 4.28. The molecule has 96 valence electrons. The number of hydrogen-bond acceptors (Lipinski definition) is 2. The average molecular weight is 277 g/mol. The molecule has 1 atom stereocenters. The van der Waals surface area contributed by atoms with Crippen molar-refractivity contribution >= 4 is 23.2 Å². The van der Waals surface area contributed by atoms with Crippen LogP contribution in [0.3, 0.4) is 0 Å². The molecule has 0 heterocycles. The van der Waals surface area contributed by atoms with E-state index >= 15 is 0 Å². The van der Waals surface area contributed by atoms with Gasteiger partial charge in [0.25, 0.3) is 0 Å². The highest BCUT2D eigenvalue weighted by molar-refractivity contribution is 6.37. The van der Waals surface area contributed by atoms with Crippen LogP contribution >= 0.6 is 23.2 Å². The smallest absolute Gasteiger partial charge is 0.156 e. The van der Waals surface area contributed by atoms with Gasteiger partial charge in [0.1, 0.15) is 0 Å². The topological polar surface area (TPSA) is 29.5 Å². The number of halogens is 2. The van der Waals surface area contributed by atoms with Crippen molar-refractivity contribution in [3.63, 3.8) is 0 Å². The van der Waals surface area contributed by atoms with E-state index in [9.17, 15) is 5.11 Å². The largest absolute Gasteiger partial charge is 0.488 e. The molecular formula is C13H18Cl2O2. The van der Waals surface area contributed by atoms with Crippen LogP contribution in [0.15, 0.2) is 12.1 Å². The molecule has 2 nitrogen and oxygen atoms in total. The molecule has 0 bridgehead atoms. The summed E-state index contributed by atoms with van der Waals surface area (Å²) in [5.74, 6) is 0.482. The SMILES string of the molecule is CCCC(O)c1cc(Cl)c(OC(C)C)c(Cl)c1. The molecule has 1 rings (SSSR count). The highest BCUT2D eigenvalue weighted by Gasteiger charge is 2.14. The van der Waals surface area contributed by atoms with Crippen LogP contribution in [0, 0.1) is 0 Å². The normalized spacial score (nSPS) is 12.9. The van der Waals surface area contributed by atoms with Crippen molar-refractivity contribution in [3.05, 3.63) is 27.7 Å². The fourth-order valence-electron chi connectivity index (χ4n) is 1.56. The maximum absolute atomic E-state index is 9.88. The average Bonchev–Trinajstić information content (AvgIpc) is 2.23. The van der Waals surface area contributed by atoms with Gasteiger partial charge in [-0.1, -0.05) is 36.5 Å². The molecule has 1 N–H and O–H groups in total. The molecule has 0 aliphatic rings. The molecule has 0 aliphatic heterocycles. The van der Waals surface area contributed by atoms with E-state index < -0.39 is 6.10 Å². The summed E-state index contributed by atoms with van der Waals surface area (Å²) >= 11 is 12.2. The number of aliphatic hydroxyl groups excluding tert-OH is 1. The van der Waals surface area contributed by atoms with Gasteiger partial charge in [-0.15, -0.1) is 0 Å². The van der Waals surface area contributed by atoms with Crippen LogP contribution in [-0.2, 0) is 0 Å². The lowest BCUT2D eigenvalue weighted by Crippen LogP contribution is -2.07. The first-order valence-electron chi connectivity index (χ1n) is 5.79. The molecule has 0 saturated carbocycles. The molecule has 1 aromatic rings. The van der Waals surface area contributed by atoms with Crippen LogP contribution in [0.1, 0.15) is 45.3 Å². The monoisotopic (exact) mass is 276 g/mol. The minimum atomic E-state index is -0.525. The minimum Gasteiger partial charge on any atom is -0.488 e. The van der Waals surface area contributed by atoms with Gasteiger partial charge in [0.2, 0.25) is 0 Å². The Morgan fingerprint density at radius 1 is 1.24 bits per heavy atom. The van der Waals surface area contributed by atoms with E-state index in [1.807, 2.05) is 20.8 Å². The molecule has 17 heavy (non-hydrogen) atoms. The number of hydrogen-bond donors (Lipinski definition) is 1. The minimum absolute atomic E-state index is 0.0106. The Kier molecular flexibility index (Phi) is 5.57. The van der Waals surface area contributed by atoms with Gasteiger partial charge in [-0.2, -0.15) is 0 Å². The zero-order chi connectivity index (χ0) is 13.0. The quantitative estimate of drug-likeness (QED) is 0.851. The highest BCUT2D eigenvalue weighted by atomic mass is 35.5. The number of rotatable bonds is 5. The maximum Gasteiger partial charge on any atom is 0.156 e. The molecule has 0 aliphatic carbocycles. The van der Waals surface area contributed by atoms with Crippen molar-refractivity contribution in [2.75, 3.05) is 0 Å². The Hall–Kier alpha value is -0.440. The zero-order valence-electron chi connectivity index (χ0n) is 10.3. The fraction of sp³-hybridized carbons (Fsp3) is 0.538. The van der Waals surface area contributed by atoms with Gasteiger partial charge in [-0.05, 0) is 38.0 Å². The second kappa shape index (κ2) is 6.48. The Labute approximate surface area is 113 Å². The van der Waals surface area contributed by atoms with E-state index in [0.717, 1.165) is 12.0 Å². The van der Waals surface area contributed by atoms with Gasteiger partial charge in [0.05, 0.1) is 22.3 Å². The third kappa shape index (κ3) is 4.06. The molecule has 0 radical (unpaired) electrons. The van der Waals surface area contributed by atoms with Gasteiger partial charge >= 0.3 is 0 Å². The lowest BCUT2D eigenvalue weighted by Gasteiger charge is -2.16. The predicted octanol–water partition coefficient (Wildman–Crippen LogP) is 4.61. The summed E-state index contributed by atoms with van der Waals surface area (Å²) in [6.07, 6.45) is 1.08. The molecular weight excluding hydrogens is 259 g/mol. The first-order chi connectivity index (χ1) is 7.95. The van der Waals surface area contributed by atoms with Crippen molar-refractivity contribution in [1.82, 2.24) is 0 Å². The van der Waals surface area contributed by atoms with Crippen LogP contribution in [0.25, 0.3) is 0 Å². The maximum atomic E-state index is 9.88. The highest BCUT2D eigenvalue weighted by Crippen LogP contribution is 2.37. The Morgan fingerprint density at radius 2 is 1.76 bits per heavy atom. The van der Waals surface area contributed by atoms with Crippen molar-refractivity contribution in [2.24, 2.45) is 0 Å². The van der Waals surface area contributed by atoms with E-state index in [2.05, 4.69) is 0 Å². The first kappa shape index (κ1) is 14.6. The van der Waals surface area contributed by atoms with E-state index in [4.69, 9.17) is 27.9 Å². The van der Waals surface area contributed by atoms with Crippen molar-refractivity contribution in [1.29, 1.82) is 0 Å². The molecule has 1 unspecified atom stereocenters. The first-order valence-corrected chi connectivity index (χ1v) is 6.55. The van der Waals surface area contributed by atoms with E-state index in [0.29, 0.717) is 22.2 Å². The van der Waals surface area contributed by atoms with Gasteiger partial charge in [0.15, 0.2) is 5.75 Å². The molecule has 0 fully saturated rings. The standard InChI is InChI=1S/C13H18Cl2O2/c1-4-5-12(16)9-6-10(14)13(11(15)7-9)17-8(2)3/h6-8,12,16H,4-5H2,1-3H3. The van der Waals surface area contributed by atoms with Crippen molar-refractivity contribution < 1.29 is 9.84 Å². The third-order valence-electron chi connectivity index (χ3n) is 2.32. The fourth-order valence-corrected chi connectivity index (χ4v) is 2.15. The molecule has 0 spiro atoms. The lowest BCUT2D eigenvalue weighted by molar-refractivity contribution is 0.166. The number of ether oxygens (including phenoxy) is 1. The third-order valence-corrected chi connectivity index (χ3v) is 2.88. The van der Waals surface area contributed by atoms with E-state index in [-0.39, 0.29) is 6.10 Å². The van der Waals surface area contributed by atoms with Gasteiger partial charge < -0.3 is 9.84 Å². The van der Waals surface area contributed by atoms with Crippen molar-refractivity contribution in [2.45, 2.75) is 45.8 Å². The summed E-state index contributed by atoms with van der Waals surface area (Å²) in [5.41, 5.74) is 0.734. The summed E-state index contributed by atoms with van der Waals surface area (Å²) in [5, 5.41) is 10.8. The zero-order valence-corrected chi connectivity index (χ0v) is 11.8. The number of aliphatic hydroxyl groups is 1. The van der Waals surface area contributed by atoms with Crippen LogP contribution in [0.5, 0.6) is 5.75 Å². The van der Waals surface area contributed by atoms with Gasteiger partial charge in [-0.25, -0.2) is 0 Å². The van der Waals surface area contributed by atoms with Crippen molar-refractivity contribution in [3.8, 4) is 5.75 Å².